The maximum atomic E-state index is 8.72. The summed E-state index contributed by atoms with van der Waals surface area (Å²) in [5.41, 5.74) is -0.0802. The Hall–Kier alpha value is -1.31. The molecule has 4 atom stereocenters. The Labute approximate surface area is 168 Å². The second-order valence-electron chi connectivity index (χ2n) is 8.16. The molecule has 0 spiro atoms. The van der Waals surface area contributed by atoms with Crippen LogP contribution in [0.4, 0.5) is 0 Å². The minimum atomic E-state index is -0.138. The molecule has 3 heterocycles. The average Bonchev–Trinajstić information content (AvgIpc) is 2.88. The van der Waals surface area contributed by atoms with Crippen LogP contribution >= 0.6 is 0 Å². The fraction of sp³-hybridized carbons (Fsp3) is 0.682. The van der Waals surface area contributed by atoms with Crippen molar-refractivity contribution in [1.29, 1.82) is 0 Å². The summed E-state index contributed by atoms with van der Waals surface area (Å²) < 4.78 is 11.0. The number of fused-ring (bicyclic) bond motifs is 1. The molecule has 6 heteroatoms. The van der Waals surface area contributed by atoms with E-state index in [-0.39, 0.29) is 17.6 Å². The van der Waals surface area contributed by atoms with Crippen LogP contribution in [0.2, 0.25) is 0 Å². The van der Waals surface area contributed by atoms with Crippen LogP contribution in [0.25, 0.3) is 0 Å². The Morgan fingerprint density at radius 2 is 1.93 bits per heavy atom. The summed E-state index contributed by atoms with van der Waals surface area (Å²) in [6.45, 7) is 5.11. The molecule has 1 saturated heterocycles. The molecule has 0 bridgehead atoms. The fourth-order valence-corrected chi connectivity index (χ4v) is 5.31. The van der Waals surface area contributed by atoms with Crippen molar-refractivity contribution in [2.75, 3.05) is 52.7 Å². The number of hydrogen-bond donors (Lipinski definition) is 2. The molecule has 28 heavy (non-hydrogen) atoms. The van der Waals surface area contributed by atoms with Gasteiger partial charge in [-0.3, -0.25) is 9.89 Å². The van der Waals surface area contributed by atoms with E-state index in [9.17, 15) is 0 Å². The van der Waals surface area contributed by atoms with Gasteiger partial charge in [0.25, 0.3) is 0 Å². The number of ether oxygens (including phenoxy) is 2. The summed E-state index contributed by atoms with van der Waals surface area (Å²) in [5.74, 6) is 0. The first kappa shape index (κ1) is 20.0. The van der Waals surface area contributed by atoms with Crippen LogP contribution in [0.1, 0.15) is 19.3 Å². The molecule has 1 aliphatic carbocycles. The van der Waals surface area contributed by atoms with Gasteiger partial charge in [-0.1, -0.05) is 36.5 Å². The van der Waals surface area contributed by atoms with E-state index in [1.807, 2.05) is 0 Å². The summed E-state index contributed by atoms with van der Waals surface area (Å²) in [6, 6.07) is 0.869. The predicted molar refractivity (Wildman–Crippen MR) is 111 cm³/mol. The van der Waals surface area contributed by atoms with Crippen molar-refractivity contribution >= 4 is 6.21 Å². The summed E-state index contributed by atoms with van der Waals surface area (Å²) in [4.78, 5) is 7.23. The van der Waals surface area contributed by atoms with Gasteiger partial charge in [-0.05, 0) is 19.3 Å². The molecule has 4 rings (SSSR count). The lowest BCUT2D eigenvalue weighted by molar-refractivity contribution is 0.0154. The molecule has 1 fully saturated rings. The number of aliphatic imine (C=N–C) groups is 1. The van der Waals surface area contributed by atoms with Crippen molar-refractivity contribution in [3.05, 3.63) is 36.5 Å². The Bertz CT molecular complexity index is 647. The minimum absolute atomic E-state index is 0.0575. The van der Waals surface area contributed by atoms with Crippen molar-refractivity contribution in [3.63, 3.8) is 0 Å². The smallest absolute Gasteiger partial charge is 0.0701 e. The van der Waals surface area contributed by atoms with Crippen molar-refractivity contribution in [1.82, 2.24) is 10.2 Å². The molecule has 2 N–H and O–H groups in total. The summed E-state index contributed by atoms with van der Waals surface area (Å²) in [7, 11) is 0. The third-order valence-electron chi connectivity index (χ3n) is 6.68. The van der Waals surface area contributed by atoms with Crippen LogP contribution in [0.15, 0.2) is 41.4 Å². The zero-order valence-corrected chi connectivity index (χ0v) is 16.6. The molecule has 0 saturated carbocycles. The normalized spacial score (nSPS) is 36.6. The number of aliphatic hydroxyl groups excluding tert-OH is 1. The number of rotatable bonds is 8. The number of aliphatic hydroxyl groups is 1. The topological polar surface area (TPSA) is 66.3 Å². The first-order valence-corrected chi connectivity index (χ1v) is 10.6. The quantitative estimate of drug-likeness (QED) is 0.486. The first-order chi connectivity index (χ1) is 13.8. The van der Waals surface area contributed by atoms with Crippen LogP contribution in [-0.4, -0.2) is 86.5 Å². The van der Waals surface area contributed by atoms with E-state index in [4.69, 9.17) is 14.6 Å². The summed E-state index contributed by atoms with van der Waals surface area (Å²) in [5, 5.41) is 12.7. The van der Waals surface area contributed by atoms with Crippen LogP contribution < -0.4 is 5.32 Å². The zero-order chi connectivity index (χ0) is 19.3. The van der Waals surface area contributed by atoms with Gasteiger partial charge in [0, 0.05) is 43.4 Å². The van der Waals surface area contributed by atoms with Gasteiger partial charge in [-0.15, -0.1) is 0 Å². The molecule has 4 unspecified atom stereocenters. The molecule has 0 amide bonds. The fourth-order valence-electron chi connectivity index (χ4n) is 5.31. The van der Waals surface area contributed by atoms with Gasteiger partial charge in [0.05, 0.1) is 38.5 Å². The van der Waals surface area contributed by atoms with Gasteiger partial charge in [0.15, 0.2) is 0 Å². The average molecular weight is 388 g/mol. The van der Waals surface area contributed by atoms with E-state index in [1.165, 1.54) is 0 Å². The lowest BCUT2D eigenvalue weighted by Crippen LogP contribution is -2.69. The Morgan fingerprint density at radius 3 is 2.82 bits per heavy atom. The number of piperidine rings is 1. The van der Waals surface area contributed by atoms with Crippen LogP contribution in [0.5, 0.6) is 0 Å². The van der Waals surface area contributed by atoms with Crippen molar-refractivity contribution < 1.29 is 14.6 Å². The molecule has 3 aliphatic heterocycles. The predicted octanol–water partition coefficient (Wildman–Crippen LogP) is 1.33. The van der Waals surface area contributed by atoms with E-state index in [0.29, 0.717) is 31.9 Å². The SMILES string of the molecule is OCCOCCOCCC1CCC23C=CC=CC2(C=CCN2CC=NCC23)N1. The highest BCUT2D eigenvalue weighted by molar-refractivity contribution is 5.61. The first-order valence-electron chi connectivity index (χ1n) is 10.6. The molecule has 0 aromatic carbocycles. The number of allylic oxidation sites excluding steroid dienone is 2. The highest BCUT2D eigenvalue weighted by Gasteiger charge is 2.57. The standard InChI is InChI=1S/C22H33N3O3/c26-13-15-28-17-16-27-14-5-19-4-9-21-6-1-2-7-22(21,24-19)8-3-11-25-12-10-23-18-20(21)25/h1-3,6-8,10,19-20,24,26H,4-5,9,11-18H2. The van der Waals surface area contributed by atoms with E-state index in [0.717, 1.165) is 45.5 Å². The van der Waals surface area contributed by atoms with Crippen molar-refractivity contribution in [3.8, 4) is 0 Å². The maximum absolute atomic E-state index is 8.72. The third kappa shape index (κ3) is 3.76. The Kier molecular flexibility index (Phi) is 6.43. The molecule has 6 nitrogen and oxygen atoms in total. The Morgan fingerprint density at radius 1 is 1.07 bits per heavy atom. The monoisotopic (exact) mass is 387 g/mol. The largest absolute Gasteiger partial charge is 0.394 e. The number of hydrogen-bond acceptors (Lipinski definition) is 6. The zero-order valence-electron chi connectivity index (χ0n) is 16.6. The van der Waals surface area contributed by atoms with E-state index in [2.05, 4.69) is 57.9 Å². The van der Waals surface area contributed by atoms with Crippen LogP contribution in [0.3, 0.4) is 0 Å². The minimum Gasteiger partial charge on any atom is -0.394 e. The lowest BCUT2D eigenvalue weighted by atomic mass is 9.57. The molecular formula is C22H33N3O3. The van der Waals surface area contributed by atoms with Gasteiger partial charge in [0.1, 0.15) is 0 Å². The third-order valence-corrected chi connectivity index (χ3v) is 6.68. The molecule has 154 valence electrons. The van der Waals surface area contributed by atoms with Crippen molar-refractivity contribution in [2.24, 2.45) is 10.4 Å². The van der Waals surface area contributed by atoms with Gasteiger partial charge in [0.2, 0.25) is 0 Å². The number of nitrogens with one attached hydrogen (secondary N) is 1. The second kappa shape index (κ2) is 9.01. The van der Waals surface area contributed by atoms with Crippen LogP contribution in [-0.2, 0) is 9.47 Å². The highest BCUT2D eigenvalue weighted by Crippen LogP contribution is 2.51. The van der Waals surface area contributed by atoms with E-state index < -0.39 is 0 Å². The molecule has 0 radical (unpaired) electrons. The highest BCUT2D eigenvalue weighted by atomic mass is 16.5. The number of nitrogens with zero attached hydrogens (tertiary/aromatic N) is 2. The van der Waals surface area contributed by atoms with E-state index in [1.54, 1.807) is 0 Å². The lowest BCUT2D eigenvalue weighted by Gasteiger charge is -2.58. The second-order valence-corrected chi connectivity index (χ2v) is 8.16. The maximum Gasteiger partial charge on any atom is 0.0701 e. The van der Waals surface area contributed by atoms with Gasteiger partial charge in [-0.25, -0.2) is 0 Å². The van der Waals surface area contributed by atoms with Gasteiger partial charge >= 0.3 is 0 Å². The molecule has 0 aromatic heterocycles. The van der Waals surface area contributed by atoms with Gasteiger partial charge in [-0.2, -0.15) is 0 Å². The Balaban J connectivity index is 1.41. The summed E-state index contributed by atoms with van der Waals surface area (Å²) in [6.07, 6.45) is 19.3. The van der Waals surface area contributed by atoms with Crippen LogP contribution in [0, 0.1) is 5.41 Å². The van der Waals surface area contributed by atoms with E-state index >= 15 is 0 Å². The molecular weight excluding hydrogens is 354 g/mol. The molecule has 0 aromatic rings. The van der Waals surface area contributed by atoms with Gasteiger partial charge < -0.3 is 19.9 Å². The van der Waals surface area contributed by atoms with Crippen molar-refractivity contribution in [2.45, 2.75) is 36.9 Å². The molecule has 4 aliphatic rings. The summed E-state index contributed by atoms with van der Waals surface area (Å²) >= 11 is 0.